The molecule has 1 aliphatic rings. The molecule has 0 saturated heterocycles. The van der Waals surface area contributed by atoms with Gasteiger partial charge in [-0.1, -0.05) is 23.4 Å². The lowest BCUT2D eigenvalue weighted by Crippen LogP contribution is -2.43. The van der Waals surface area contributed by atoms with Crippen molar-refractivity contribution in [2.45, 2.75) is 36.5 Å². The Morgan fingerprint density at radius 3 is 2.80 bits per heavy atom. The summed E-state index contributed by atoms with van der Waals surface area (Å²) in [4.78, 5) is 21.0. The molecule has 30 heavy (non-hydrogen) atoms. The van der Waals surface area contributed by atoms with Crippen LogP contribution in [-0.2, 0) is 6.54 Å². The van der Waals surface area contributed by atoms with Gasteiger partial charge in [0.2, 0.25) is 0 Å². The lowest BCUT2D eigenvalue weighted by atomic mass is 9.74. The van der Waals surface area contributed by atoms with Crippen molar-refractivity contribution in [3.8, 4) is 6.07 Å². The Morgan fingerprint density at radius 2 is 2.10 bits per heavy atom. The molecule has 9 heteroatoms. The summed E-state index contributed by atoms with van der Waals surface area (Å²) < 4.78 is 1.70. The number of hydrogen-bond donors (Lipinski definition) is 1. The van der Waals surface area contributed by atoms with Crippen molar-refractivity contribution in [3.63, 3.8) is 0 Å². The number of hydrogen-bond acceptors (Lipinski definition) is 6. The highest BCUT2D eigenvalue weighted by Crippen LogP contribution is 2.39. The molecule has 0 atom stereocenters. The Balaban J connectivity index is 1.32. The smallest absolute Gasteiger partial charge is 0.254 e. The second-order valence-corrected chi connectivity index (χ2v) is 8.40. The zero-order chi connectivity index (χ0) is 21.1. The molecule has 1 aromatic carbocycles. The van der Waals surface area contributed by atoms with Crippen LogP contribution in [-0.4, -0.2) is 38.0 Å². The van der Waals surface area contributed by atoms with E-state index in [9.17, 15) is 10.1 Å². The highest BCUT2D eigenvalue weighted by atomic mass is 35.5. The fraction of sp³-hybridized carbons (Fsp3) is 0.286. The largest absolute Gasteiger partial charge is 0.349 e. The number of nitrogens with one attached hydrogen (secondary N) is 1. The van der Waals surface area contributed by atoms with Gasteiger partial charge < -0.3 is 5.32 Å². The van der Waals surface area contributed by atoms with Gasteiger partial charge in [0.25, 0.3) is 5.91 Å². The molecular formula is C21H19ClN6OS. The van der Waals surface area contributed by atoms with Crippen LogP contribution in [0.2, 0.25) is 5.02 Å². The van der Waals surface area contributed by atoms with E-state index < -0.39 is 0 Å². The van der Waals surface area contributed by atoms with E-state index in [2.05, 4.69) is 26.5 Å². The number of amides is 1. The average Bonchev–Trinajstić information content (AvgIpc) is 3.19. The van der Waals surface area contributed by atoms with Crippen LogP contribution in [0, 0.1) is 11.3 Å². The van der Waals surface area contributed by atoms with Crippen molar-refractivity contribution < 1.29 is 4.79 Å². The van der Waals surface area contributed by atoms with Gasteiger partial charge in [-0.05, 0) is 48.8 Å². The maximum absolute atomic E-state index is 12.6. The molecule has 152 valence electrons. The summed E-state index contributed by atoms with van der Waals surface area (Å²) in [5.74, 6) is 0.0842. The van der Waals surface area contributed by atoms with Gasteiger partial charge in [-0.2, -0.15) is 10.4 Å². The first-order chi connectivity index (χ1) is 14.6. The molecule has 4 rings (SSSR count). The summed E-state index contributed by atoms with van der Waals surface area (Å²) in [5, 5.41) is 17.9. The van der Waals surface area contributed by atoms with Gasteiger partial charge in [0.15, 0.2) is 5.16 Å². The number of aromatic nitrogens is 4. The topological polar surface area (TPSA) is 96.5 Å². The predicted octanol–water partition coefficient (Wildman–Crippen LogP) is 3.64. The minimum Gasteiger partial charge on any atom is -0.349 e. The molecule has 0 unspecified atom stereocenters. The van der Waals surface area contributed by atoms with E-state index in [1.165, 1.54) is 11.8 Å². The van der Waals surface area contributed by atoms with E-state index in [0.717, 1.165) is 29.1 Å². The second-order valence-electron chi connectivity index (χ2n) is 7.19. The highest BCUT2D eigenvalue weighted by Gasteiger charge is 2.33. The summed E-state index contributed by atoms with van der Waals surface area (Å²) in [6.07, 6.45) is 10.3. The first-order valence-corrected chi connectivity index (χ1v) is 11.0. The molecular weight excluding hydrogens is 420 g/mol. The maximum Gasteiger partial charge on any atom is 0.254 e. The zero-order valence-corrected chi connectivity index (χ0v) is 17.8. The zero-order valence-electron chi connectivity index (χ0n) is 16.2. The van der Waals surface area contributed by atoms with E-state index in [1.807, 2.05) is 12.3 Å². The summed E-state index contributed by atoms with van der Waals surface area (Å²) in [6, 6.07) is 7.61. The van der Waals surface area contributed by atoms with Crippen molar-refractivity contribution in [2.24, 2.45) is 0 Å². The Labute approximate surface area is 183 Å². The number of carbonyl (C=O) groups is 1. The van der Waals surface area contributed by atoms with Gasteiger partial charge in [-0.25, -0.2) is 9.97 Å². The number of carbonyl (C=O) groups excluding carboxylic acids is 1. The molecule has 0 aliphatic heterocycles. The standard InChI is InChI=1S/C21H19ClN6OS/c1-30-21-24-8-13(9-25-21)11-28-12-16(10-26-28)20(29)27-18-4-15(5-18)19-6-17(22)3-2-14(19)7-23/h2-3,6,8-10,12,15,18H,4-5,11H2,1H3,(H,27,29). The molecule has 0 bridgehead atoms. The van der Waals surface area contributed by atoms with Gasteiger partial charge in [-0.15, -0.1) is 0 Å². The van der Waals surface area contributed by atoms with Crippen LogP contribution in [0.15, 0.2) is 48.1 Å². The Kier molecular flexibility index (Phi) is 6.02. The van der Waals surface area contributed by atoms with E-state index in [0.29, 0.717) is 22.7 Å². The van der Waals surface area contributed by atoms with Crippen molar-refractivity contribution >= 4 is 29.3 Å². The molecule has 1 saturated carbocycles. The molecule has 2 aromatic heterocycles. The van der Waals surface area contributed by atoms with Crippen LogP contribution in [0.5, 0.6) is 0 Å². The van der Waals surface area contributed by atoms with Gasteiger partial charge in [-0.3, -0.25) is 9.48 Å². The van der Waals surface area contributed by atoms with Crippen molar-refractivity contribution in [2.75, 3.05) is 6.26 Å². The van der Waals surface area contributed by atoms with E-state index in [4.69, 9.17) is 11.6 Å². The van der Waals surface area contributed by atoms with Gasteiger partial charge in [0.1, 0.15) is 0 Å². The molecule has 0 spiro atoms. The third-order valence-electron chi connectivity index (χ3n) is 5.15. The van der Waals surface area contributed by atoms with Crippen LogP contribution in [0.25, 0.3) is 0 Å². The highest BCUT2D eigenvalue weighted by molar-refractivity contribution is 7.98. The van der Waals surface area contributed by atoms with Crippen LogP contribution in [0.1, 0.15) is 45.8 Å². The van der Waals surface area contributed by atoms with Gasteiger partial charge in [0.05, 0.1) is 29.9 Å². The van der Waals surface area contributed by atoms with E-state index >= 15 is 0 Å². The number of nitriles is 1. The first kappa shape index (κ1) is 20.4. The predicted molar refractivity (Wildman–Crippen MR) is 115 cm³/mol. The maximum atomic E-state index is 12.6. The second kappa shape index (κ2) is 8.86. The minimum absolute atomic E-state index is 0.0730. The molecule has 2 heterocycles. The minimum atomic E-state index is -0.148. The molecule has 7 nitrogen and oxygen atoms in total. The summed E-state index contributed by atoms with van der Waals surface area (Å²) in [7, 11) is 0. The lowest BCUT2D eigenvalue weighted by molar-refractivity contribution is 0.0909. The van der Waals surface area contributed by atoms with Gasteiger partial charge in [0, 0.05) is 35.2 Å². The summed E-state index contributed by atoms with van der Waals surface area (Å²) in [5.41, 5.74) is 3.03. The molecule has 1 N–H and O–H groups in total. The fourth-order valence-corrected chi connectivity index (χ4v) is 4.01. The van der Waals surface area contributed by atoms with Crippen molar-refractivity contribution in [3.05, 3.63) is 70.3 Å². The summed E-state index contributed by atoms with van der Waals surface area (Å²) in [6.45, 7) is 0.499. The van der Waals surface area contributed by atoms with Crippen LogP contribution in [0.4, 0.5) is 0 Å². The third-order valence-corrected chi connectivity index (χ3v) is 5.96. The molecule has 0 radical (unpaired) electrons. The average molecular weight is 439 g/mol. The Bertz CT molecular complexity index is 1100. The van der Waals surface area contributed by atoms with Crippen LogP contribution < -0.4 is 5.32 Å². The summed E-state index contributed by atoms with van der Waals surface area (Å²) >= 11 is 7.56. The normalized spacial score (nSPS) is 17.8. The third kappa shape index (κ3) is 4.48. The molecule has 1 aliphatic carbocycles. The van der Waals surface area contributed by atoms with Crippen LogP contribution >= 0.6 is 23.4 Å². The number of rotatable bonds is 6. The SMILES string of the molecule is CSc1ncc(Cn2cc(C(=O)NC3CC(c4cc(Cl)ccc4C#N)C3)cn2)cn1. The fourth-order valence-electron chi connectivity index (χ4n) is 3.52. The van der Waals surface area contributed by atoms with E-state index in [1.54, 1.807) is 41.6 Å². The van der Waals surface area contributed by atoms with Crippen molar-refractivity contribution in [1.29, 1.82) is 5.26 Å². The number of thioether (sulfide) groups is 1. The number of halogens is 1. The number of nitrogens with zero attached hydrogens (tertiary/aromatic N) is 5. The van der Waals surface area contributed by atoms with Gasteiger partial charge >= 0.3 is 0 Å². The lowest BCUT2D eigenvalue weighted by Gasteiger charge is -2.36. The van der Waals surface area contributed by atoms with Crippen LogP contribution in [0.3, 0.4) is 0 Å². The first-order valence-electron chi connectivity index (χ1n) is 9.43. The Morgan fingerprint density at radius 1 is 1.33 bits per heavy atom. The monoisotopic (exact) mass is 438 g/mol. The molecule has 1 amide bonds. The molecule has 3 aromatic rings. The van der Waals surface area contributed by atoms with Crippen molar-refractivity contribution in [1.82, 2.24) is 25.1 Å². The molecule has 1 fully saturated rings. The number of benzene rings is 1. The Hall–Kier alpha value is -2.89. The quantitative estimate of drug-likeness (QED) is 0.466. The van der Waals surface area contributed by atoms with E-state index in [-0.39, 0.29) is 17.9 Å².